The Balaban J connectivity index is 2.20. The molecular formula is C9H15N5O. The average molecular weight is 209 g/mol. The Hall–Kier alpha value is -1.56. The fourth-order valence-corrected chi connectivity index (χ4v) is 1.66. The summed E-state index contributed by atoms with van der Waals surface area (Å²) in [4.78, 5) is 10.1. The van der Waals surface area contributed by atoms with Gasteiger partial charge >= 0.3 is 0 Å². The van der Waals surface area contributed by atoms with Gasteiger partial charge in [0, 0.05) is 19.2 Å². The van der Waals surface area contributed by atoms with E-state index in [0.717, 1.165) is 18.9 Å². The molecule has 1 atom stereocenters. The molecule has 1 aliphatic heterocycles. The molecule has 0 aromatic carbocycles. The van der Waals surface area contributed by atoms with E-state index in [2.05, 4.69) is 14.9 Å². The summed E-state index contributed by atoms with van der Waals surface area (Å²) in [5, 5.41) is 0. The maximum absolute atomic E-state index is 5.61. The largest absolute Gasteiger partial charge is 0.383 e. The van der Waals surface area contributed by atoms with E-state index >= 15 is 0 Å². The van der Waals surface area contributed by atoms with Crippen LogP contribution in [0.4, 0.5) is 17.6 Å². The number of nitrogen functional groups attached to an aromatic ring is 2. The van der Waals surface area contributed by atoms with Gasteiger partial charge in [0.1, 0.15) is 11.6 Å². The lowest BCUT2D eigenvalue weighted by Gasteiger charge is -2.32. The van der Waals surface area contributed by atoms with Gasteiger partial charge in [-0.25, -0.2) is 0 Å². The molecule has 6 nitrogen and oxygen atoms in total. The van der Waals surface area contributed by atoms with Gasteiger partial charge in [-0.15, -0.1) is 0 Å². The Morgan fingerprint density at radius 2 is 2.27 bits per heavy atom. The molecule has 82 valence electrons. The van der Waals surface area contributed by atoms with E-state index in [9.17, 15) is 0 Å². The summed E-state index contributed by atoms with van der Waals surface area (Å²) >= 11 is 0. The summed E-state index contributed by atoms with van der Waals surface area (Å²) in [6, 6.07) is 1.73. The molecule has 0 radical (unpaired) electrons. The number of nitrogens with two attached hydrogens (primary N) is 2. The molecule has 1 aromatic rings. The number of aromatic nitrogens is 2. The fourth-order valence-electron chi connectivity index (χ4n) is 1.66. The maximum atomic E-state index is 5.61. The Kier molecular flexibility index (Phi) is 2.59. The van der Waals surface area contributed by atoms with E-state index in [1.165, 1.54) is 0 Å². The normalized spacial score (nSPS) is 21.7. The zero-order chi connectivity index (χ0) is 10.8. The van der Waals surface area contributed by atoms with E-state index in [1.54, 1.807) is 6.07 Å². The van der Waals surface area contributed by atoms with Crippen molar-refractivity contribution in [3.63, 3.8) is 0 Å². The first-order chi connectivity index (χ1) is 7.15. The van der Waals surface area contributed by atoms with Gasteiger partial charge in [-0.2, -0.15) is 9.97 Å². The molecule has 0 spiro atoms. The first kappa shape index (κ1) is 9.97. The minimum atomic E-state index is 0.205. The van der Waals surface area contributed by atoms with Gasteiger partial charge in [-0.05, 0) is 6.92 Å². The third-order valence-corrected chi connectivity index (χ3v) is 2.31. The topological polar surface area (TPSA) is 90.3 Å². The van der Waals surface area contributed by atoms with Crippen LogP contribution in [0.15, 0.2) is 6.07 Å². The molecule has 0 bridgehead atoms. The molecule has 1 aromatic heterocycles. The second-order valence-corrected chi connectivity index (χ2v) is 3.64. The average Bonchev–Trinajstić information content (AvgIpc) is 2.16. The van der Waals surface area contributed by atoms with Gasteiger partial charge in [0.2, 0.25) is 5.95 Å². The first-order valence-electron chi connectivity index (χ1n) is 4.92. The van der Waals surface area contributed by atoms with E-state index in [1.807, 2.05) is 6.92 Å². The summed E-state index contributed by atoms with van der Waals surface area (Å²) < 4.78 is 5.44. The molecule has 15 heavy (non-hydrogen) atoms. The predicted molar refractivity (Wildman–Crippen MR) is 58.5 cm³/mol. The van der Waals surface area contributed by atoms with Crippen LogP contribution in [0.5, 0.6) is 0 Å². The third kappa shape index (κ3) is 2.27. The molecule has 2 heterocycles. The third-order valence-electron chi connectivity index (χ3n) is 2.31. The minimum absolute atomic E-state index is 0.205. The van der Waals surface area contributed by atoms with Crippen molar-refractivity contribution in [3.05, 3.63) is 6.07 Å². The van der Waals surface area contributed by atoms with E-state index in [-0.39, 0.29) is 12.1 Å². The number of ether oxygens (including phenoxy) is 1. The van der Waals surface area contributed by atoms with Crippen molar-refractivity contribution < 1.29 is 4.74 Å². The lowest BCUT2D eigenvalue weighted by molar-refractivity contribution is 0.0529. The van der Waals surface area contributed by atoms with Crippen molar-refractivity contribution in [1.29, 1.82) is 0 Å². The highest BCUT2D eigenvalue weighted by Gasteiger charge is 2.18. The van der Waals surface area contributed by atoms with Crippen LogP contribution in [0, 0.1) is 0 Å². The molecule has 2 rings (SSSR count). The maximum Gasteiger partial charge on any atom is 0.223 e. The van der Waals surface area contributed by atoms with Crippen molar-refractivity contribution in [2.24, 2.45) is 0 Å². The Morgan fingerprint density at radius 1 is 1.47 bits per heavy atom. The van der Waals surface area contributed by atoms with E-state index < -0.39 is 0 Å². The number of hydrogen-bond donors (Lipinski definition) is 2. The van der Waals surface area contributed by atoms with Crippen molar-refractivity contribution >= 4 is 17.6 Å². The summed E-state index contributed by atoms with van der Waals surface area (Å²) in [5.74, 6) is 1.39. The van der Waals surface area contributed by atoms with Crippen LogP contribution in [-0.2, 0) is 4.74 Å². The number of rotatable bonds is 1. The Morgan fingerprint density at radius 3 is 2.93 bits per heavy atom. The van der Waals surface area contributed by atoms with Gasteiger partial charge in [0.25, 0.3) is 0 Å². The Bertz CT molecular complexity index is 336. The number of nitrogens with zero attached hydrogens (tertiary/aromatic N) is 3. The van der Waals surface area contributed by atoms with Crippen molar-refractivity contribution in [2.45, 2.75) is 13.0 Å². The Labute approximate surface area is 88.2 Å². The number of hydrogen-bond acceptors (Lipinski definition) is 6. The molecule has 1 fully saturated rings. The summed E-state index contributed by atoms with van der Waals surface area (Å²) in [7, 11) is 0. The molecule has 4 N–H and O–H groups in total. The lowest BCUT2D eigenvalue weighted by Crippen LogP contribution is -2.41. The highest BCUT2D eigenvalue weighted by molar-refractivity contribution is 5.50. The van der Waals surface area contributed by atoms with Crippen LogP contribution in [-0.4, -0.2) is 35.8 Å². The molecule has 1 aliphatic rings. The van der Waals surface area contributed by atoms with Crippen molar-refractivity contribution in [3.8, 4) is 0 Å². The van der Waals surface area contributed by atoms with Crippen molar-refractivity contribution in [2.75, 3.05) is 36.1 Å². The predicted octanol–water partition coefficient (Wildman–Crippen LogP) is -0.134. The molecule has 1 unspecified atom stereocenters. The summed E-state index contributed by atoms with van der Waals surface area (Å²) in [5.41, 5.74) is 11.2. The van der Waals surface area contributed by atoms with Crippen LogP contribution in [0.2, 0.25) is 0 Å². The minimum Gasteiger partial charge on any atom is -0.383 e. The van der Waals surface area contributed by atoms with Gasteiger partial charge in [0.15, 0.2) is 0 Å². The zero-order valence-electron chi connectivity index (χ0n) is 8.68. The van der Waals surface area contributed by atoms with Crippen molar-refractivity contribution in [1.82, 2.24) is 9.97 Å². The van der Waals surface area contributed by atoms with Crippen LogP contribution < -0.4 is 16.4 Å². The lowest BCUT2D eigenvalue weighted by atomic mass is 10.3. The van der Waals surface area contributed by atoms with Crippen LogP contribution >= 0.6 is 0 Å². The summed E-state index contributed by atoms with van der Waals surface area (Å²) in [6.07, 6.45) is 0.205. The van der Waals surface area contributed by atoms with Gasteiger partial charge in [0.05, 0.1) is 12.7 Å². The fraction of sp³-hybridized carbons (Fsp3) is 0.556. The second kappa shape index (κ2) is 3.90. The first-order valence-corrected chi connectivity index (χ1v) is 4.92. The summed E-state index contributed by atoms with van der Waals surface area (Å²) in [6.45, 7) is 4.33. The zero-order valence-corrected chi connectivity index (χ0v) is 8.68. The standard InChI is InChI=1S/C9H15N5O/c1-6-5-14(2-3-15-6)8-4-7(10)12-9(11)13-8/h4,6H,2-3,5H2,1H3,(H4,10,11,12,13). The molecule has 0 saturated carbocycles. The molecule has 0 amide bonds. The SMILES string of the molecule is CC1CN(c2cc(N)nc(N)n2)CCO1. The van der Waals surface area contributed by atoms with Gasteiger partial charge < -0.3 is 21.1 Å². The van der Waals surface area contributed by atoms with Gasteiger partial charge in [-0.3, -0.25) is 0 Å². The van der Waals surface area contributed by atoms with E-state index in [4.69, 9.17) is 16.2 Å². The number of morpholine rings is 1. The molecule has 1 saturated heterocycles. The molecule has 6 heteroatoms. The second-order valence-electron chi connectivity index (χ2n) is 3.64. The van der Waals surface area contributed by atoms with E-state index in [0.29, 0.717) is 12.4 Å². The number of anilines is 3. The highest BCUT2D eigenvalue weighted by atomic mass is 16.5. The van der Waals surface area contributed by atoms with Crippen LogP contribution in [0.1, 0.15) is 6.92 Å². The smallest absolute Gasteiger partial charge is 0.223 e. The molecular weight excluding hydrogens is 194 g/mol. The van der Waals surface area contributed by atoms with Gasteiger partial charge in [-0.1, -0.05) is 0 Å². The van der Waals surface area contributed by atoms with Crippen LogP contribution in [0.25, 0.3) is 0 Å². The monoisotopic (exact) mass is 209 g/mol. The van der Waals surface area contributed by atoms with Crippen LogP contribution in [0.3, 0.4) is 0 Å². The quantitative estimate of drug-likeness (QED) is 0.669. The highest BCUT2D eigenvalue weighted by Crippen LogP contribution is 2.17. The molecule has 0 aliphatic carbocycles.